The molecule has 0 unspecified atom stereocenters. The summed E-state index contributed by atoms with van der Waals surface area (Å²) in [5.41, 5.74) is 1.73. The first kappa shape index (κ1) is 26.1. The van der Waals surface area contributed by atoms with E-state index in [0.29, 0.717) is 6.61 Å². The zero-order valence-electron chi connectivity index (χ0n) is 22.6. The van der Waals surface area contributed by atoms with Crippen LogP contribution in [0, 0.1) is 0 Å². The summed E-state index contributed by atoms with van der Waals surface area (Å²) in [7, 11) is -2.10. The van der Waals surface area contributed by atoms with Crippen LogP contribution in [0.2, 0.25) is 18.1 Å². The first-order chi connectivity index (χ1) is 16.0. The van der Waals surface area contributed by atoms with E-state index in [-0.39, 0.29) is 17.2 Å². The highest BCUT2D eigenvalue weighted by Gasteiger charge is 2.61. The van der Waals surface area contributed by atoms with Crippen molar-refractivity contribution < 1.29 is 23.4 Å². The second-order valence-electron chi connectivity index (χ2n) is 12.6. The number of aromatic nitrogens is 3. The number of aromatic amines is 1. The number of nitrogens with one attached hydrogen (secondary N) is 1. The second-order valence-corrected chi connectivity index (χ2v) is 17.4. The predicted octanol–water partition coefficient (Wildman–Crippen LogP) is 5.11. The fourth-order valence-electron chi connectivity index (χ4n) is 4.56. The average Bonchev–Trinajstić information content (AvgIpc) is 3.33. The molecule has 0 aromatic rings. The van der Waals surface area contributed by atoms with Crippen LogP contribution in [0.15, 0.2) is 18.7 Å². The van der Waals surface area contributed by atoms with Crippen molar-refractivity contribution in [2.24, 2.45) is 0 Å². The molecule has 1 N–H and O–H groups in total. The Labute approximate surface area is 209 Å². The minimum Gasteiger partial charge on any atom is -0.444 e. The fourth-order valence-corrected chi connectivity index (χ4v) is 5.58. The quantitative estimate of drug-likeness (QED) is 0.578. The van der Waals surface area contributed by atoms with Crippen LogP contribution in [0.4, 0.5) is 4.79 Å². The number of likely N-dealkylation sites (tertiary alicyclic amines) is 1. The van der Waals surface area contributed by atoms with Gasteiger partial charge in [0.05, 0.1) is 36.9 Å². The van der Waals surface area contributed by atoms with E-state index in [1.807, 2.05) is 34.6 Å². The summed E-state index contributed by atoms with van der Waals surface area (Å²) in [6.07, 6.45) is 3.90. The third-order valence-corrected chi connectivity index (χ3v) is 11.7. The van der Waals surface area contributed by atoms with Crippen molar-refractivity contribution in [3.63, 3.8) is 0 Å². The Hall–Kier alpha value is -2.01. The normalized spacial score (nSPS) is 26.9. The minimum absolute atomic E-state index is 0.0290. The maximum Gasteiger partial charge on any atom is 0.411 e. The van der Waals surface area contributed by atoms with Gasteiger partial charge in [0.25, 0.3) is 0 Å². The maximum atomic E-state index is 13.7. The zero-order valence-corrected chi connectivity index (χ0v) is 23.6. The van der Waals surface area contributed by atoms with Crippen LogP contribution in [0.1, 0.15) is 67.0 Å². The Balaban J connectivity index is 1.78. The lowest BCUT2D eigenvalue weighted by Gasteiger charge is -2.40. The van der Waals surface area contributed by atoms with Gasteiger partial charge in [0, 0.05) is 11.8 Å². The van der Waals surface area contributed by atoms with Gasteiger partial charge in [-0.3, -0.25) is 9.88 Å². The number of hydrogen-bond acceptors (Lipinski definition) is 7. The number of rotatable bonds is 4. The fraction of sp³-hybridized carbons (Fsp3) is 0.720. The Bertz CT molecular complexity index is 1040. The van der Waals surface area contributed by atoms with Crippen molar-refractivity contribution >= 4 is 14.4 Å². The molecule has 0 spiro atoms. The van der Waals surface area contributed by atoms with Gasteiger partial charge in [-0.15, -0.1) is 0 Å². The molecule has 9 nitrogen and oxygen atoms in total. The highest BCUT2D eigenvalue weighted by Crippen LogP contribution is 2.50. The van der Waals surface area contributed by atoms with E-state index in [1.54, 1.807) is 23.6 Å². The first-order valence-corrected chi connectivity index (χ1v) is 15.2. The van der Waals surface area contributed by atoms with E-state index in [9.17, 15) is 4.79 Å². The molecule has 4 aliphatic heterocycles. The third kappa shape index (κ3) is 4.98. The molecular weight excluding hydrogens is 464 g/mol. The van der Waals surface area contributed by atoms with Gasteiger partial charge in [0.1, 0.15) is 23.5 Å². The summed E-state index contributed by atoms with van der Waals surface area (Å²) in [6.45, 7) is 20.8. The number of ether oxygens (including phenoxy) is 3. The summed E-state index contributed by atoms with van der Waals surface area (Å²) in [6, 6.07) is -0.851. The van der Waals surface area contributed by atoms with E-state index >= 15 is 0 Å². The Morgan fingerprint density at radius 3 is 2.43 bits per heavy atom. The molecule has 0 aromatic heterocycles. The molecule has 4 aliphatic rings. The molecule has 2 fully saturated rings. The van der Waals surface area contributed by atoms with Crippen LogP contribution in [-0.4, -0.2) is 70.5 Å². The number of fused-ring (bicyclic) bond motifs is 2. The molecule has 0 saturated carbocycles. The lowest BCUT2D eigenvalue weighted by Crippen LogP contribution is -2.50. The van der Waals surface area contributed by atoms with Crippen LogP contribution >= 0.6 is 0 Å². The lowest BCUT2D eigenvalue weighted by molar-refractivity contribution is -0.168. The van der Waals surface area contributed by atoms with Crippen molar-refractivity contribution in [3.8, 4) is 11.4 Å². The molecule has 4 heterocycles. The van der Waals surface area contributed by atoms with Crippen LogP contribution in [0.25, 0.3) is 11.4 Å². The lowest BCUT2D eigenvalue weighted by atomic mass is 10.0. The molecule has 0 aromatic carbocycles. The summed E-state index contributed by atoms with van der Waals surface area (Å²) in [4.78, 5) is 27.4. The van der Waals surface area contributed by atoms with E-state index in [0.717, 1.165) is 17.0 Å². The van der Waals surface area contributed by atoms with E-state index in [4.69, 9.17) is 18.6 Å². The molecule has 194 valence electrons. The molecule has 0 radical (unpaired) electrons. The van der Waals surface area contributed by atoms with Crippen molar-refractivity contribution in [2.45, 2.75) is 109 Å². The second kappa shape index (κ2) is 8.54. The van der Waals surface area contributed by atoms with E-state index < -0.39 is 37.9 Å². The number of nitrogens with zero attached hydrogens (tertiary/aromatic N) is 3. The highest BCUT2D eigenvalue weighted by atomic mass is 28.4. The summed E-state index contributed by atoms with van der Waals surface area (Å²) < 4.78 is 25.4. The first-order valence-electron chi connectivity index (χ1n) is 12.3. The molecule has 4 rings (SSSR count). The summed E-state index contributed by atoms with van der Waals surface area (Å²) in [5.74, 6) is -0.788. The van der Waals surface area contributed by atoms with Crippen LogP contribution in [0.5, 0.6) is 0 Å². The van der Waals surface area contributed by atoms with Gasteiger partial charge in [-0.05, 0) is 52.8 Å². The SMILES string of the molecule is CC(C)(C)OC(=O)N1[C@H](CO[Si](C)(C)C(C)(C)C)[C@H]2OC(C)(C)O[C@H]2[C@@H]1c1cnc2cnc[nH]c1-2. The number of carbonyl (C=O) groups is 1. The third-order valence-electron chi connectivity index (χ3n) is 7.22. The Morgan fingerprint density at radius 1 is 1.14 bits per heavy atom. The largest absolute Gasteiger partial charge is 0.444 e. The van der Waals surface area contributed by atoms with Gasteiger partial charge in [0.15, 0.2) is 14.1 Å². The maximum absolute atomic E-state index is 13.7. The topological polar surface area (TPSA) is 98.8 Å². The van der Waals surface area contributed by atoms with Gasteiger partial charge >= 0.3 is 6.09 Å². The number of H-pyrrole nitrogens is 1. The van der Waals surface area contributed by atoms with Crippen LogP contribution < -0.4 is 0 Å². The molecule has 10 heteroatoms. The van der Waals surface area contributed by atoms with Crippen LogP contribution in [-0.2, 0) is 18.6 Å². The summed E-state index contributed by atoms with van der Waals surface area (Å²) >= 11 is 0. The average molecular weight is 505 g/mol. The molecule has 2 saturated heterocycles. The molecule has 0 aliphatic carbocycles. The Morgan fingerprint density at radius 2 is 1.80 bits per heavy atom. The van der Waals surface area contributed by atoms with Gasteiger partial charge < -0.3 is 23.6 Å². The van der Waals surface area contributed by atoms with Gasteiger partial charge in [-0.2, -0.15) is 0 Å². The van der Waals surface area contributed by atoms with Crippen molar-refractivity contribution in [1.82, 2.24) is 19.9 Å². The zero-order chi connectivity index (χ0) is 26.0. The predicted molar refractivity (Wildman–Crippen MR) is 135 cm³/mol. The van der Waals surface area contributed by atoms with Crippen molar-refractivity contribution in [2.75, 3.05) is 6.61 Å². The molecule has 35 heavy (non-hydrogen) atoms. The highest BCUT2D eigenvalue weighted by molar-refractivity contribution is 6.74. The molecular formula is C25H40N4O5Si. The number of carbonyl (C=O) groups excluding carboxylic acids is 1. The van der Waals surface area contributed by atoms with Gasteiger partial charge in [0.2, 0.25) is 0 Å². The van der Waals surface area contributed by atoms with E-state index in [2.05, 4.69) is 48.8 Å². The van der Waals surface area contributed by atoms with Crippen LogP contribution in [0.3, 0.4) is 0 Å². The standard InChI is InChI=1S/C25H40N4O5Si/c1-23(2,3)34-22(30)29-17(13-31-35(9,10)24(4,5)6)20-21(33-25(7,8)32-20)19(29)15-11-27-16-12-26-14-28-18(15)16/h11-12,14,17,19-21H,13H2,1-10H3,(H,26,28)/t17-,19+,20-,21+/m1/s1. The molecule has 0 bridgehead atoms. The smallest absolute Gasteiger partial charge is 0.411 e. The molecule has 1 amide bonds. The van der Waals surface area contributed by atoms with Gasteiger partial charge in [-0.1, -0.05) is 20.8 Å². The Kier molecular flexibility index (Phi) is 6.36. The molecule has 4 atom stereocenters. The van der Waals surface area contributed by atoms with E-state index in [1.165, 1.54) is 0 Å². The van der Waals surface area contributed by atoms with Crippen molar-refractivity contribution in [1.29, 1.82) is 0 Å². The summed E-state index contributed by atoms with van der Waals surface area (Å²) in [5, 5.41) is 0.0290. The minimum atomic E-state index is -2.10. The van der Waals surface area contributed by atoms with Gasteiger partial charge in [-0.25, -0.2) is 9.78 Å². The van der Waals surface area contributed by atoms with Crippen molar-refractivity contribution in [3.05, 3.63) is 24.3 Å². The number of hydrogen-bond donors (Lipinski definition) is 1. The monoisotopic (exact) mass is 504 g/mol. The number of amides is 1.